The molecule has 0 aromatic heterocycles. The number of methoxy groups -OCH3 is 1. The maximum absolute atomic E-state index is 13.5. The monoisotopic (exact) mass is 429 g/mol. The van der Waals surface area contributed by atoms with E-state index in [4.69, 9.17) is 4.74 Å². The van der Waals surface area contributed by atoms with Gasteiger partial charge in [-0.05, 0) is 67.5 Å². The van der Waals surface area contributed by atoms with Gasteiger partial charge in [-0.3, -0.25) is 9.69 Å². The summed E-state index contributed by atoms with van der Waals surface area (Å²) < 4.78 is 6.06. The number of nitrogens with zero attached hydrogens (tertiary/aromatic N) is 1. The topological polar surface area (TPSA) is 29.5 Å². The van der Waals surface area contributed by atoms with E-state index in [2.05, 4.69) is 65.6 Å². The molecule has 0 bridgehead atoms. The number of rotatable bonds is 4. The highest BCUT2D eigenvalue weighted by atomic mass is 16.5. The highest BCUT2D eigenvalue weighted by Gasteiger charge is 2.67. The molecule has 0 unspecified atom stereocenters. The normalized spacial score (nSPS) is 36.7. The third-order valence-corrected chi connectivity index (χ3v) is 9.50. The van der Waals surface area contributed by atoms with Gasteiger partial charge >= 0.3 is 0 Å². The van der Waals surface area contributed by atoms with Gasteiger partial charge < -0.3 is 4.74 Å². The Balaban J connectivity index is 1.33. The SMILES string of the molecule is CO[C@H]1C[C@@H]2CCCC(=O)[C@@]23C[C@@H]2CN(C(c4ccccc4)c4ccccc4)CC[C@@H]2[C@@H]13. The van der Waals surface area contributed by atoms with Gasteiger partial charge in [-0.15, -0.1) is 0 Å². The summed E-state index contributed by atoms with van der Waals surface area (Å²) in [6.07, 6.45) is 6.77. The molecule has 3 saturated carbocycles. The molecule has 6 rings (SSSR count). The minimum atomic E-state index is -0.0841. The zero-order valence-electron chi connectivity index (χ0n) is 19.2. The van der Waals surface area contributed by atoms with Crippen molar-refractivity contribution in [1.82, 2.24) is 4.90 Å². The summed E-state index contributed by atoms with van der Waals surface area (Å²) in [6, 6.07) is 22.2. The summed E-state index contributed by atoms with van der Waals surface area (Å²) in [5.74, 6) is 2.81. The van der Waals surface area contributed by atoms with Crippen LogP contribution in [-0.2, 0) is 9.53 Å². The van der Waals surface area contributed by atoms with E-state index < -0.39 is 0 Å². The number of hydrogen-bond donors (Lipinski definition) is 0. The fraction of sp³-hybridized carbons (Fsp3) is 0.552. The lowest BCUT2D eigenvalue weighted by Crippen LogP contribution is -2.44. The lowest BCUT2D eigenvalue weighted by atomic mass is 9.63. The summed E-state index contributed by atoms with van der Waals surface area (Å²) in [5, 5.41) is 0. The molecule has 1 heterocycles. The smallest absolute Gasteiger partial charge is 0.139 e. The molecular formula is C29H35NO2. The zero-order chi connectivity index (χ0) is 21.7. The maximum Gasteiger partial charge on any atom is 0.139 e. The first-order valence-electron chi connectivity index (χ1n) is 12.6. The Kier molecular flexibility index (Phi) is 5.23. The van der Waals surface area contributed by atoms with Gasteiger partial charge in [-0.2, -0.15) is 0 Å². The standard InChI is InChI=1S/C29H35NO2/c1-32-25-17-23-13-8-14-26(31)29(23)18-22-19-30(16-15-24(22)27(25)29)28(20-9-4-2-5-10-20)21-11-6-3-7-12-21/h2-7,9-12,22-25,27-28H,8,13-19H2,1H3/t22-,23+,24+,25+,27+,29-/m1/s1. The fourth-order valence-electron chi connectivity index (χ4n) is 8.41. The lowest BCUT2D eigenvalue weighted by Gasteiger charge is -2.42. The predicted molar refractivity (Wildman–Crippen MR) is 126 cm³/mol. The molecule has 3 heteroatoms. The van der Waals surface area contributed by atoms with E-state index in [0.29, 0.717) is 29.5 Å². The molecular weight excluding hydrogens is 394 g/mol. The second-order valence-electron chi connectivity index (χ2n) is 10.7. The first-order chi connectivity index (χ1) is 15.7. The summed E-state index contributed by atoms with van der Waals surface area (Å²) in [4.78, 5) is 16.2. The third kappa shape index (κ3) is 3.04. The molecule has 0 radical (unpaired) electrons. The van der Waals surface area contributed by atoms with Gasteiger partial charge in [0.2, 0.25) is 0 Å². The first-order valence-corrected chi connectivity index (χ1v) is 12.6. The Bertz CT molecular complexity index is 920. The molecule has 32 heavy (non-hydrogen) atoms. The Labute approximate surface area is 192 Å². The molecule has 0 amide bonds. The van der Waals surface area contributed by atoms with Crippen LogP contribution in [0, 0.1) is 29.1 Å². The number of ether oxygens (including phenoxy) is 1. The van der Waals surface area contributed by atoms with E-state index in [1.807, 2.05) is 7.11 Å². The number of likely N-dealkylation sites (tertiary alicyclic amines) is 1. The number of fused-ring (bicyclic) bond motifs is 2. The lowest BCUT2D eigenvalue weighted by molar-refractivity contribution is -0.136. The van der Waals surface area contributed by atoms with Crippen molar-refractivity contribution < 1.29 is 9.53 Å². The average molecular weight is 430 g/mol. The number of hydrogen-bond acceptors (Lipinski definition) is 3. The number of carbonyl (C=O) groups is 1. The highest BCUT2D eigenvalue weighted by Crippen LogP contribution is 2.67. The summed E-state index contributed by atoms with van der Waals surface area (Å²) in [5.41, 5.74) is 2.66. The van der Waals surface area contributed by atoms with Gasteiger partial charge in [0, 0.05) is 31.4 Å². The van der Waals surface area contributed by atoms with Crippen LogP contribution < -0.4 is 0 Å². The molecule has 1 saturated heterocycles. The molecule has 1 aliphatic heterocycles. The highest BCUT2D eigenvalue weighted by molar-refractivity contribution is 5.87. The quantitative estimate of drug-likeness (QED) is 0.642. The number of ketones is 1. The molecule has 3 nitrogen and oxygen atoms in total. The van der Waals surface area contributed by atoms with Crippen molar-refractivity contribution in [2.24, 2.45) is 29.1 Å². The molecule has 2 aromatic rings. The van der Waals surface area contributed by atoms with Crippen LogP contribution in [0.5, 0.6) is 0 Å². The number of carbonyl (C=O) groups excluding carboxylic acids is 1. The van der Waals surface area contributed by atoms with Gasteiger partial charge in [0.05, 0.1) is 12.1 Å². The fourth-order valence-corrected chi connectivity index (χ4v) is 8.41. The van der Waals surface area contributed by atoms with Crippen molar-refractivity contribution in [2.75, 3.05) is 20.2 Å². The minimum Gasteiger partial charge on any atom is -0.381 e. The molecule has 0 N–H and O–H groups in total. The second-order valence-corrected chi connectivity index (χ2v) is 10.7. The van der Waals surface area contributed by atoms with Crippen molar-refractivity contribution in [3.05, 3.63) is 71.8 Å². The van der Waals surface area contributed by atoms with Gasteiger partial charge in [-0.25, -0.2) is 0 Å². The van der Waals surface area contributed by atoms with Crippen LogP contribution in [-0.4, -0.2) is 37.0 Å². The molecule has 3 aliphatic carbocycles. The van der Waals surface area contributed by atoms with Crippen LogP contribution in [0.1, 0.15) is 55.7 Å². The van der Waals surface area contributed by atoms with Crippen molar-refractivity contribution in [3.63, 3.8) is 0 Å². The van der Waals surface area contributed by atoms with E-state index >= 15 is 0 Å². The Hall–Kier alpha value is -1.97. The van der Waals surface area contributed by atoms with Crippen LogP contribution in [0.15, 0.2) is 60.7 Å². The van der Waals surface area contributed by atoms with Gasteiger partial charge in [0.1, 0.15) is 5.78 Å². The second kappa shape index (κ2) is 8.11. The molecule has 168 valence electrons. The van der Waals surface area contributed by atoms with Gasteiger partial charge in [0.25, 0.3) is 0 Å². The van der Waals surface area contributed by atoms with Crippen LogP contribution in [0.4, 0.5) is 0 Å². The molecule has 4 fully saturated rings. The Morgan fingerprint density at radius 1 is 1.00 bits per heavy atom. The summed E-state index contributed by atoms with van der Waals surface area (Å²) in [6.45, 7) is 2.19. The van der Waals surface area contributed by atoms with Crippen molar-refractivity contribution in [3.8, 4) is 0 Å². The minimum absolute atomic E-state index is 0.0841. The number of Topliss-reactive ketones (excluding diaryl/α,β-unsaturated/α-hetero) is 1. The maximum atomic E-state index is 13.5. The van der Waals surface area contributed by atoms with Crippen LogP contribution in [0.3, 0.4) is 0 Å². The number of benzene rings is 2. The van der Waals surface area contributed by atoms with Crippen LogP contribution in [0.2, 0.25) is 0 Å². The molecule has 2 aromatic carbocycles. The van der Waals surface area contributed by atoms with E-state index in [1.165, 1.54) is 24.0 Å². The van der Waals surface area contributed by atoms with E-state index in [1.54, 1.807) is 0 Å². The Morgan fingerprint density at radius 2 is 1.69 bits per heavy atom. The predicted octanol–water partition coefficient (Wildman–Crippen LogP) is 5.51. The molecule has 6 atom stereocenters. The van der Waals surface area contributed by atoms with Gasteiger partial charge in [0.15, 0.2) is 0 Å². The van der Waals surface area contributed by atoms with Gasteiger partial charge in [-0.1, -0.05) is 60.7 Å². The largest absolute Gasteiger partial charge is 0.381 e. The van der Waals surface area contributed by atoms with Crippen LogP contribution in [0.25, 0.3) is 0 Å². The zero-order valence-corrected chi connectivity index (χ0v) is 19.2. The van der Waals surface area contributed by atoms with E-state index in [9.17, 15) is 4.79 Å². The van der Waals surface area contributed by atoms with E-state index in [0.717, 1.165) is 38.8 Å². The third-order valence-electron chi connectivity index (χ3n) is 9.50. The van der Waals surface area contributed by atoms with Crippen molar-refractivity contribution >= 4 is 5.78 Å². The Morgan fingerprint density at radius 3 is 2.34 bits per heavy atom. The van der Waals surface area contributed by atoms with E-state index in [-0.39, 0.29) is 17.6 Å². The molecule has 4 aliphatic rings. The number of piperidine rings is 1. The molecule has 1 spiro atoms. The summed E-state index contributed by atoms with van der Waals surface area (Å²) in [7, 11) is 1.88. The first kappa shape index (κ1) is 20.6. The van der Waals surface area contributed by atoms with Crippen molar-refractivity contribution in [1.29, 1.82) is 0 Å². The average Bonchev–Trinajstić information content (AvgIpc) is 3.34. The van der Waals surface area contributed by atoms with Crippen LogP contribution >= 0.6 is 0 Å². The van der Waals surface area contributed by atoms with Crippen molar-refractivity contribution in [2.45, 2.75) is 50.7 Å². The summed E-state index contributed by atoms with van der Waals surface area (Å²) >= 11 is 0.